The number of ether oxygens (including phenoxy) is 1. The van der Waals surface area contributed by atoms with Crippen LogP contribution in [0.1, 0.15) is 19.8 Å². The van der Waals surface area contributed by atoms with Crippen molar-refractivity contribution in [2.24, 2.45) is 0 Å². The molecular formula is C20H23F2N3O2. The molecule has 1 aromatic carbocycles. The molecule has 2 atom stereocenters. The van der Waals surface area contributed by atoms with E-state index in [4.69, 9.17) is 4.74 Å². The molecule has 0 saturated carbocycles. The zero-order valence-corrected chi connectivity index (χ0v) is 15.3. The lowest BCUT2D eigenvalue weighted by molar-refractivity contribution is -0.134. The summed E-state index contributed by atoms with van der Waals surface area (Å²) in [7, 11) is 0. The van der Waals surface area contributed by atoms with E-state index >= 15 is 0 Å². The van der Waals surface area contributed by atoms with Crippen LogP contribution in [0.4, 0.5) is 8.78 Å². The molecule has 4 rings (SSSR count). The van der Waals surface area contributed by atoms with Gasteiger partial charge in [0.05, 0.1) is 18.6 Å². The lowest BCUT2D eigenvalue weighted by Crippen LogP contribution is -2.42. The average Bonchev–Trinajstić information content (AvgIpc) is 3.18. The summed E-state index contributed by atoms with van der Waals surface area (Å²) in [5, 5.41) is 0.961. The Bertz CT molecular complexity index is 840. The number of alkyl halides is 2. The molecule has 5 nitrogen and oxygen atoms in total. The van der Waals surface area contributed by atoms with Crippen LogP contribution in [0, 0.1) is 0 Å². The molecule has 7 heteroatoms. The molecule has 0 unspecified atom stereocenters. The van der Waals surface area contributed by atoms with E-state index in [0.29, 0.717) is 6.54 Å². The van der Waals surface area contributed by atoms with Crippen LogP contribution >= 0.6 is 0 Å². The van der Waals surface area contributed by atoms with E-state index in [-0.39, 0.29) is 25.0 Å². The zero-order valence-electron chi connectivity index (χ0n) is 15.3. The molecule has 1 amide bonds. The number of aromatic nitrogens is 1. The number of halogens is 2. The Morgan fingerprint density at radius 1 is 1.33 bits per heavy atom. The Balaban J connectivity index is 1.36. The highest BCUT2D eigenvalue weighted by Gasteiger charge is 2.45. The molecule has 27 heavy (non-hydrogen) atoms. The summed E-state index contributed by atoms with van der Waals surface area (Å²) in [4.78, 5) is 20.1. The van der Waals surface area contributed by atoms with Gasteiger partial charge >= 0.3 is 0 Å². The van der Waals surface area contributed by atoms with E-state index in [1.807, 2.05) is 35.2 Å². The Morgan fingerprint density at radius 2 is 2.19 bits per heavy atom. The lowest BCUT2D eigenvalue weighted by atomic mass is 10.2. The third-order valence-corrected chi connectivity index (χ3v) is 5.34. The standard InChI is InChI=1S/C20H23F2N3O2/c1-14-10-20(21,22)13-25(14)19(26)12-24-9-7-15(11-24)27-18-6-2-5-17-16(18)4-3-8-23-17/h2-6,8,14-15H,7,9-13H2,1H3/t14-,15+/m1/s1. The monoisotopic (exact) mass is 375 g/mol. The minimum absolute atomic E-state index is 0.0268. The van der Waals surface area contributed by atoms with Crippen LogP contribution in [0.3, 0.4) is 0 Å². The lowest BCUT2D eigenvalue weighted by Gasteiger charge is -2.24. The number of carbonyl (C=O) groups excluding carboxylic acids is 1. The van der Waals surface area contributed by atoms with Gasteiger partial charge in [0.2, 0.25) is 5.91 Å². The minimum atomic E-state index is -2.77. The third-order valence-electron chi connectivity index (χ3n) is 5.34. The first-order valence-corrected chi connectivity index (χ1v) is 9.31. The second-order valence-electron chi connectivity index (χ2n) is 7.52. The third kappa shape index (κ3) is 3.88. The van der Waals surface area contributed by atoms with E-state index in [9.17, 15) is 13.6 Å². The van der Waals surface area contributed by atoms with E-state index in [2.05, 4.69) is 4.98 Å². The predicted molar refractivity (Wildman–Crippen MR) is 98.0 cm³/mol. The van der Waals surface area contributed by atoms with Crippen molar-refractivity contribution in [3.05, 3.63) is 36.5 Å². The number of nitrogens with zero attached hydrogens (tertiary/aromatic N) is 3. The second kappa shape index (κ2) is 7.03. The van der Waals surface area contributed by atoms with Gasteiger partial charge in [0.1, 0.15) is 11.9 Å². The fourth-order valence-electron chi connectivity index (χ4n) is 4.02. The summed E-state index contributed by atoms with van der Waals surface area (Å²) in [5.74, 6) is -2.21. The fourth-order valence-corrected chi connectivity index (χ4v) is 4.02. The van der Waals surface area contributed by atoms with Crippen LogP contribution < -0.4 is 4.74 Å². The van der Waals surface area contributed by atoms with Gasteiger partial charge in [-0.1, -0.05) is 6.07 Å². The number of hydrogen-bond acceptors (Lipinski definition) is 4. The topological polar surface area (TPSA) is 45.7 Å². The van der Waals surface area contributed by atoms with E-state index < -0.39 is 18.5 Å². The highest BCUT2D eigenvalue weighted by molar-refractivity contribution is 5.84. The summed E-state index contributed by atoms with van der Waals surface area (Å²) in [6.45, 7) is 2.71. The van der Waals surface area contributed by atoms with Crippen molar-refractivity contribution in [3.63, 3.8) is 0 Å². The second-order valence-corrected chi connectivity index (χ2v) is 7.52. The Labute approximate surface area is 156 Å². The van der Waals surface area contributed by atoms with Gasteiger partial charge in [-0.05, 0) is 37.6 Å². The van der Waals surface area contributed by atoms with Crippen molar-refractivity contribution in [2.45, 2.75) is 37.8 Å². The van der Waals surface area contributed by atoms with Crippen LogP contribution in [-0.4, -0.2) is 64.9 Å². The quantitative estimate of drug-likeness (QED) is 0.824. The molecule has 0 aliphatic carbocycles. The molecular weight excluding hydrogens is 352 g/mol. The normalized spacial score (nSPS) is 25.2. The summed E-state index contributed by atoms with van der Waals surface area (Å²) in [5.41, 5.74) is 0.879. The van der Waals surface area contributed by atoms with Crippen LogP contribution in [-0.2, 0) is 4.79 Å². The van der Waals surface area contributed by atoms with Crippen molar-refractivity contribution in [1.82, 2.24) is 14.8 Å². The van der Waals surface area contributed by atoms with Crippen LogP contribution in [0.25, 0.3) is 10.9 Å². The molecule has 2 aliphatic rings. The summed E-state index contributed by atoms with van der Waals surface area (Å²) >= 11 is 0. The highest BCUT2D eigenvalue weighted by atomic mass is 19.3. The van der Waals surface area contributed by atoms with Gasteiger partial charge in [0.25, 0.3) is 5.92 Å². The number of pyridine rings is 1. The van der Waals surface area contributed by atoms with Gasteiger partial charge in [-0.2, -0.15) is 0 Å². The Hall–Kier alpha value is -2.28. The van der Waals surface area contributed by atoms with E-state index in [0.717, 1.165) is 29.6 Å². The van der Waals surface area contributed by atoms with Gasteiger partial charge in [-0.3, -0.25) is 14.7 Å². The van der Waals surface area contributed by atoms with E-state index in [1.165, 1.54) is 4.90 Å². The first kappa shape index (κ1) is 18.1. The van der Waals surface area contributed by atoms with Crippen LogP contribution in [0.15, 0.2) is 36.5 Å². The molecule has 1 aromatic heterocycles. The maximum absolute atomic E-state index is 13.5. The maximum Gasteiger partial charge on any atom is 0.267 e. The van der Waals surface area contributed by atoms with Gasteiger partial charge in [0, 0.05) is 37.1 Å². The van der Waals surface area contributed by atoms with Gasteiger partial charge in [-0.25, -0.2) is 8.78 Å². The number of likely N-dealkylation sites (tertiary alicyclic amines) is 2. The summed E-state index contributed by atoms with van der Waals surface area (Å²) in [6, 6.07) is 9.21. The largest absolute Gasteiger partial charge is 0.488 e. The zero-order chi connectivity index (χ0) is 19.0. The smallest absolute Gasteiger partial charge is 0.267 e. The number of fused-ring (bicyclic) bond motifs is 1. The molecule has 144 valence electrons. The van der Waals surface area contributed by atoms with Crippen molar-refractivity contribution >= 4 is 16.8 Å². The Morgan fingerprint density at radius 3 is 2.96 bits per heavy atom. The van der Waals surface area contributed by atoms with Gasteiger partial charge < -0.3 is 9.64 Å². The molecule has 2 fully saturated rings. The molecule has 0 N–H and O–H groups in total. The van der Waals surface area contributed by atoms with Crippen molar-refractivity contribution in [3.8, 4) is 5.75 Å². The van der Waals surface area contributed by atoms with Gasteiger partial charge in [0.15, 0.2) is 0 Å². The number of amides is 1. The predicted octanol–water partition coefficient (Wildman–Crippen LogP) is 2.94. The number of hydrogen-bond donors (Lipinski definition) is 0. The molecule has 2 aromatic rings. The van der Waals surface area contributed by atoms with Gasteiger partial charge in [-0.15, -0.1) is 0 Å². The molecule has 3 heterocycles. The first-order chi connectivity index (χ1) is 12.9. The summed E-state index contributed by atoms with van der Waals surface area (Å²) < 4.78 is 33.2. The average molecular weight is 375 g/mol. The first-order valence-electron chi connectivity index (χ1n) is 9.31. The fraction of sp³-hybridized carbons (Fsp3) is 0.500. The van der Waals surface area contributed by atoms with Crippen LogP contribution in [0.2, 0.25) is 0 Å². The van der Waals surface area contributed by atoms with Crippen molar-refractivity contribution in [1.29, 1.82) is 0 Å². The maximum atomic E-state index is 13.5. The van der Waals surface area contributed by atoms with Crippen molar-refractivity contribution in [2.75, 3.05) is 26.2 Å². The van der Waals surface area contributed by atoms with E-state index in [1.54, 1.807) is 13.1 Å². The van der Waals surface area contributed by atoms with Crippen LogP contribution in [0.5, 0.6) is 5.75 Å². The summed E-state index contributed by atoms with van der Waals surface area (Å²) in [6.07, 6.45) is 2.27. The molecule has 2 aliphatic heterocycles. The SMILES string of the molecule is C[C@@H]1CC(F)(F)CN1C(=O)CN1CC[C@H](Oc2cccc3ncccc23)C1. The molecule has 0 bridgehead atoms. The molecule has 0 radical (unpaired) electrons. The molecule has 0 spiro atoms. The number of carbonyl (C=O) groups is 1. The molecule has 2 saturated heterocycles. The number of benzene rings is 1. The van der Waals surface area contributed by atoms with Crippen molar-refractivity contribution < 1.29 is 18.3 Å². The minimum Gasteiger partial charge on any atom is -0.488 e. The highest BCUT2D eigenvalue weighted by Crippen LogP contribution is 2.32. The number of rotatable bonds is 4. The Kier molecular flexibility index (Phi) is 4.72.